The fourth-order valence-electron chi connectivity index (χ4n) is 1.53. The van der Waals surface area contributed by atoms with E-state index in [-0.39, 0.29) is 6.10 Å². The zero-order valence-electron chi connectivity index (χ0n) is 9.94. The molecule has 1 heterocycles. The molecule has 1 aliphatic rings. The lowest BCUT2D eigenvalue weighted by molar-refractivity contribution is 0.232. The molecule has 1 aromatic rings. The van der Waals surface area contributed by atoms with E-state index in [2.05, 4.69) is 15.3 Å². The Balaban J connectivity index is 1.82. The van der Waals surface area contributed by atoms with Crippen molar-refractivity contribution < 1.29 is 4.74 Å². The van der Waals surface area contributed by atoms with Crippen LogP contribution < -0.4 is 10.1 Å². The van der Waals surface area contributed by atoms with E-state index in [0.717, 1.165) is 12.5 Å². The molecule has 1 saturated carbocycles. The number of hydrogen-bond acceptors (Lipinski definition) is 4. The molecule has 0 bridgehead atoms. The highest BCUT2D eigenvalue weighted by atomic mass is 16.5. The van der Waals surface area contributed by atoms with E-state index >= 15 is 0 Å². The number of ether oxygens (including phenoxy) is 1. The predicted molar refractivity (Wildman–Crippen MR) is 63.6 cm³/mol. The van der Waals surface area contributed by atoms with Crippen molar-refractivity contribution in [2.75, 3.05) is 11.9 Å². The summed E-state index contributed by atoms with van der Waals surface area (Å²) in [7, 11) is 0. The molecule has 0 aliphatic heterocycles. The lowest BCUT2D eigenvalue weighted by Gasteiger charge is -2.09. The van der Waals surface area contributed by atoms with Crippen LogP contribution in [0.1, 0.15) is 33.1 Å². The molecular formula is C12H19N3O. The number of nitrogens with zero attached hydrogens (tertiary/aromatic N) is 2. The highest BCUT2D eigenvalue weighted by Gasteiger charge is 2.20. The normalized spacial score (nSPS) is 15.2. The van der Waals surface area contributed by atoms with Gasteiger partial charge >= 0.3 is 0 Å². The SMILES string of the molecule is CC(C)Oc1ccnc(NCCC2CC2)n1. The zero-order chi connectivity index (χ0) is 11.4. The van der Waals surface area contributed by atoms with Gasteiger partial charge in [-0.3, -0.25) is 0 Å². The molecule has 88 valence electrons. The first-order valence-corrected chi connectivity index (χ1v) is 5.97. The monoisotopic (exact) mass is 221 g/mol. The smallest absolute Gasteiger partial charge is 0.225 e. The summed E-state index contributed by atoms with van der Waals surface area (Å²) in [6.07, 6.45) is 5.87. The molecule has 4 heteroatoms. The Morgan fingerprint density at radius 2 is 2.31 bits per heavy atom. The summed E-state index contributed by atoms with van der Waals surface area (Å²) in [5.41, 5.74) is 0. The number of anilines is 1. The summed E-state index contributed by atoms with van der Waals surface area (Å²) in [5, 5.41) is 3.23. The van der Waals surface area contributed by atoms with Crippen LogP contribution in [0.15, 0.2) is 12.3 Å². The molecule has 0 spiro atoms. The predicted octanol–water partition coefficient (Wildman–Crippen LogP) is 2.48. The standard InChI is InChI=1S/C12H19N3O/c1-9(2)16-11-6-8-14-12(15-11)13-7-5-10-3-4-10/h6,8-10H,3-5,7H2,1-2H3,(H,13,14,15). The van der Waals surface area contributed by atoms with Gasteiger partial charge in [0.15, 0.2) is 0 Å². The van der Waals surface area contributed by atoms with Crippen molar-refractivity contribution in [2.24, 2.45) is 5.92 Å². The van der Waals surface area contributed by atoms with Crippen molar-refractivity contribution >= 4 is 5.95 Å². The minimum Gasteiger partial charge on any atom is -0.475 e. The minimum absolute atomic E-state index is 0.147. The molecule has 0 amide bonds. The van der Waals surface area contributed by atoms with Crippen molar-refractivity contribution in [2.45, 2.75) is 39.2 Å². The van der Waals surface area contributed by atoms with Gasteiger partial charge in [-0.2, -0.15) is 4.98 Å². The van der Waals surface area contributed by atoms with Crippen molar-refractivity contribution in [1.29, 1.82) is 0 Å². The van der Waals surface area contributed by atoms with Gasteiger partial charge in [0.05, 0.1) is 6.10 Å². The van der Waals surface area contributed by atoms with Crippen LogP contribution in [0, 0.1) is 5.92 Å². The van der Waals surface area contributed by atoms with Crippen molar-refractivity contribution in [1.82, 2.24) is 9.97 Å². The quantitative estimate of drug-likeness (QED) is 0.801. The number of hydrogen-bond donors (Lipinski definition) is 1. The lowest BCUT2D eigenvalue weighted by Crippen LogP contribution is -2.10. The second kappa shape index (κ2) is 5.14. The molecule has 0 saturated heterocycles. The second-order valence-corrected chi connectivity index (χ2v) is 4.54. The van der Waals surface area contributed by atoms with Crippen LogP contribution >= 0.6 is 0 Å². The Morgan fingerprint density at radius 1 is 1.50 bits per heavy atom. The average molecular weight is 221 g/mol. The van der Waals surface area contributed by atoms with E-state index in [4.69, 9.17) is 4.74 Å². The van der Waals surface area contributed by atoms with E-state index in [0.29, 0.717) is 11.8 Å². The lowest BCUT2D eigenvalue weighted by atomic mass is 10.3. The van der Waals surface area contributed by atoms with Gasteiger partial charge in [-0.25, -0.2) is 4.98 Å². The first kappa shape index (κ1) is 11.2. The van der Waals surface area contributed by atoms with E-state index in [1.165, 1.54) is 19.3 Å². The van der Waals surface area contributed by atoms with E-state index < -0.39 is 0 Å². The fraction of sp³-hybridized carbons (Fsp3) is 0.667. The molecule has 1 aromatic heterocycles. The maximum atomic E-state index is 5.50. The van der Waals surface area contributed by atoms with Crippen LogP contribution in [-0.4, -0.2) is 22.6 Å². The van der Waals surface area contributed by atoms with Gasteiger partial charge in [0, 0.05) is 18.8 Å². The molecule has 4 nitrogen and oxygen atoms in total. The molecular weight excluding hydrogens is 202 g/mol. The molecule has 0 aromatic carbocycles. The third-order valence-electron chi connectivity index (χ3n) is 2.52. The van der Waals surface area contributed by atoms with Gasteiger partial charge in [-0.15, -0.1) is 0 Å². The third-order valence-corrected chi connectivity index (χ3v) is 2.52. The highest BCUT2D eigenvalue weighted by Crippen LogP contribution is 2.31. The highest BCUT2D eigenvalue weighted by molar-refractivity contribution is 5.27. The van der Waals surface area contributed by atoms with E-state index in [9.17, 15) is 0 Å². The summed E-state index contributed by atoms with van der Waals surface area (Å²) in [6.45, 7) is 4.93. The van der Waals surface area contributed by atoms with Crippen molar-refractivity contribution in [3.63, 3.8) is 0 Å². The van der Waals surface area contributed by atoms with E-state index in [1.54, 1.807) is 12.3 Å². The van der Waals surface area contributed by atoms with Gasteiger partial charge in [0.2, 0.25) is 11.8 Å². The topological polar surface area (TPSA) is 47.0 Å². The number of rotatable bonds is 6. The Labute approximate surface area is 96.4 Å². The van der Waals surface area contributed by atoms with Crippen molar-refractivity contribution in [3.8, 4) is 5.88 Å². The van der Waals surface area contributed by atoms with Crippen molar-refractivity contribution in [3.05, 3.63) is 12.3 Å². The molecule has 0 unspecified atom stereocenters. The largest absolute Gasteiger partial charge is 0.475 e. The summed E-state index contributed by atoms with van der Waals surface area (Å²) in [6, 6.07) is 1.78. The number of aromatic nitrogens is 2. The fourth-order valence-corrected chi connectivity index (χ4v) is 1.53. The van der Waals surface area contributed by atoms with Gasteiger partial charge in [-0.05, 0) is 26.2 Å². The third kappa shape index (κ3) is 3.68. The second-order valence-electron chi connectivity index (χ2n) is 4.54. The molecule has 16 heavy (non-hydrogen) atoms. The zero-order valence-corrected chi connectivity index (χ0v) is 9.94. The van der Waals surface area contributed by atoms with Crippen LogP contribution in [0.3, 0.4) is 0 Å². The molecule has 0 radical (unpaired) electrons. The minimum atomic E-state index is 0.147. The Kier molecular flexibility index (Phi) is 3.59. The summed E-state index contributed by atoms with van der Waals surface area (Å²) >= 11 is 0. The average Bonchev–Trinajstić information content (AvgIpc) is 3.01. The van der Waals surface area contributed by atoms with Crippen LogP contribution in [0.2, 0.25) is 0 Å². The molecule has 0 atom stereocenters. The Morgan fingerprint density at radius 3 is 3.00 bits per heavy atom. The summed E-state index contributed by atoms with van der Waals surface area (Å²) < 4.78 is 5.50. The van der Waals surface area contributed by atoms with Crippen LogP contribution in [-0.2, 0) is 0 Å². The van der Waals surface area contributed by atoms with Gasteiger partial charge < -0.3 is 10.1 Å². The molecule has 1 fully saturated rings. The first-order chi connectivity index (χ1) is 7.74. The van der Waals surface area contributed by atoms with E-state index in [1.807, 2.05) is 13.8 Å². The van der Waals surface area contributed by atoms with Crippen LogP contribution in [0.5, 0.6) is 5.88 Å². The van der Waals surface area contributed by atoms with Gasteiger partial charge in [-0.1, -0.05) is 12.8 Å². The molecule has 1 N–H and O–H groups in total. The molecule has 1 aliphatic carbocycles. The van der Waals surface area contributed by atoms with Crippen LogP contribution in [0.4, 0.5) is 5.95 Å². The Bertz CT molecular complexity index is 337. The van der Waals surface area contributed by atoms with Crippen LogP contribution in [0.25, 0.3) is 0 Å². The van der Waals surface area contributed by atoms with Gasteiger partial charge in [0.1, 0.15) is 0 Å². The summed E-state index contributed by atoms with van der Waals surface area (Å²) in [4.78, 5) is 8.45. The Hall–Kier alpha value is -1.32. The summed E-state index contributed by atoms with van der Waals surface area (Å²) in [5.74, 6) is 2.24. The maximum Gasteiger partial charge on any atom is 0.225 e. The van der Waals surface area contributed by atoms with Gasteiger partial charge in [0.25, 0.3) is 0 Å². The number of nitrogens with one attached hydrogen (secondary N) is 1. The maximum absolute atomic E-state index is 5.50. The first-order valence-electron chi connectivity index (χ1n) is 5.97. The molecule has 2 rings (SSSR count).